The summed E-state index contributed by atoms with van der Waals surface area (Å²) in [6, 6.07) is 13.1. The molecule has 2 N–H and O–H groups in total. The molecule has 10 heteroatoms. The van der Waals surface area contributed by atoms with Crippen LogP contribution in [-0.4, -0.2) is 43.7 Å². The highest BCUT2D eigenvalue weighted by atomic mass is 32.2. The fourth-order valence-corrected chi connectivity index (χ4v) is 5.77. The molecule has 0 aliphatic carbocycles. The van der Waals surface area contributed by atoms with Gasteiger partial charge in [0, 0.05) is 19.6 Å². The molecular weight excluding hydrogens is 447 g/mol. The SMILES string of the molecule is O=C(NO)C1(S(=O)(=O)c2ccc(-c3ccc(CCCC(F)(F)F)cc3)cc2)CCOCC1. The lowest BCUT2D eigenvalue weighted by atomic mass is 9.98. The van der Waals surface area contributed by atoms with E-state index in [0.29, 0.717) is 6.42 Å². The molecule has 0 atom stereocenters. The second-order valence-corrected chi connectivity index (χ2v) is 10.0. The minimum atomic E-state index is -4.16. The van der Waals surface area contributed by atoms with Crippen LogP contribution in [-0.2, 0) is 25.8 Å². The van der Waals surface area contributed by atoms with E-state index in [1.807, 2.05) is 0 Å². The van der Waals surface area contributed by atoms with Gasteiger partial charge in [0.05, 0.1) is 4.90 Å². The maximum Gasteiger partial charge on any atom is 0.389 e. The summed E-state index contributed by atoms with van der Waals surface area (Å²) in [6.45, 7) is 0.167. The van der Waals surface area contributed by atoms with E-state index in [-0.39, 0.29) is 37.4 Å². The highest BCUT2D eigenvalue weighted by Gasteiger charge is 2.52. The van der Waals surface area contributed by atoms with Crippen molar-refractivity contribution >= 4 is 15.7 Å². The van der Waals surface area contributed by atoms with Crippen LogP contribution in [0.15, 0.2) is 53.4 Å². The Morgan fingerprint density at radius 2 is 1.53 bits per heavy atom. The first kappa shape index (κ1) is 24.2. The normalized spacial score (nSPS) is 16.5. The van der Waals surface area contributed by atoms with Crippen LogP contribution >= 0.6 is 0 Å². The second-order valence-electron chi connectivity index (χ2n) is 7.74. The summed E-state index contributed by atoms with van der Waals surface area (Å²) >= 11 is 0. The number of alkyl halides is 3. The van der Waals surface area contributed by atoms with Crippen LogP contribution < -0.4 is 5.48 Å². The van der Waals surface area contributed by atoms with Gasteiger partial charge in [0.2, 0.25) is 0 Å². The molecular formula is C22H24F3NO5S. The average Bonchev–Trinajstić information content (AvgIpc) is 2.78. The van der Waals surface area contributed by atoms with Crippen molar-refractivity contribution < 1.29 is 36.3 Å². The molecule has 0 saturated carbocycles. The van der Waals surface area contributed by atoms with Gasteiger partial charge in [-0.2, -0.15) is 13.2 Å². The van der Waals surface area contributed by atoms with Gasteiger partial charge in [-0.15, -0.1) is 0 Å². The molecule has 6 nitrogen and oxygen atoms in total. The highest BCUT2D eigenvalue weighted by molar-refractivity contribution is 7.93. The van der Waals surface area contributed by atoms with Crippen LogP contribution in [0.3, 0.4) is 0 Å². The third-order valence-electron chi connectivity index (χ3n) is 5.71. The Kier molecular flexibility index (Phi) is 7.26. The second kappa shape index (κ2) is 9.60. The molecule has 32 heavy (non-hydrogen) atoms. The van der Waals surface area contributed by atoms with E-state index in [4.69, 9.17) is 9.94 Å². The molecule has 1 saturated heterocycles. The molecule has 1 amide bonds. The van der Waals surface area contributed by atoms with Gasteiger partial charge in [0.15, 0.2) is 14.6 Å². The van der Waals surface area contributed by atoms with Crippen molar-refractivity contribution in [1.82, 2.24) is 5.48 Å². The number of nitrogens with one attached hydrogen (secondary N) is 1. The smallest absolute Gasteiger partial charge is 0.381 e. The van der Waals surface area contributed by atoms with Gasteiger partial charge in [-0.05, 0) is 54.5 Å². The molecule has 0 bridgehead atoms. The zero-order chi connectivity index (χ0) is 23.4. The van der Waals surface area contributed by atoms with Gasteiger partial charge >= 0.3 is 6.18 Å². The van der Waals surface area contributed by atoms with Crippen molar-refractivity contribution in [2.24, 2.45) is 0 Å². The van der Waals surface area contributed by atoms with Crippen LogP contribution in [0.4, 0.5) is 13.2 Å². The Labute approximate surface area is 184 Å². The number of aryl methyl sites for hydroxylation is 1. The van der Waals surface area contributed by atoms with Crippen molar-refractivity contribution in [3.63, 3.8) is 0 Å². The quantitative estimate of drug-likeness (QED) is 0.469. The van der Waals surface area contributed by atoms with Gasteiger partial charge in [-0.3, -0.25) is 10.0 Å². The summed E-state index contributed by atoms with van der Waals surface area (Å²) in [5, 5.41) is 9.11. The third-order valence-corrected chi connectivity index (χ3v) is 8.22. The minimum absolute atomic E-state index is 0.0175. The van der Waals surface area contributed by atoms with E-state index in [1.165, 1.54) is 17.6 Å². The molecule has 2 aromatic carbocycles. The number of hydrogen-bond donors (Lipinski definition) is 2. The van der Waals surface area contributed by atoms with Crippen molar-refractivity contribution in [3.05, 3.63) is 54.1 Å². The third kappa shape index (κ3) is 5.13. The zero-order valence-electron chi connectivity index (χ0n) is 17.2. The van der Waals surface area contributed by atoms with Gasteiger partial charge in [-0.1, -0.05) is 36.4 Å². The summed E-state index contributed by atoms with van der Waals surface area (Å²) in [6.07, 6.45) is -4.80. The van der Waals surface area contributed by atoms with Crippen molar-refractivity contribution in [2.45, 2.75) is 47.9 Å². The maximum absolute atomic E-state index is 13.3. The fourth-order valence-electron chi connectivity index (χ4n) is 3.83. The number of hydroxylamine groups is 1. The first-order valence-corrected chi connectivity index (χ1v) is 11.6. The van der Waals surface area contributed by atoms with Gasteiger partial charge in [0.25, 0.3) is 5.91 Å². The van der Waals surface area contributed by atoms with Crippen LogP contribution in [0.5, 0.6) is 0 Å². The molecule has 2 aromatic rings. The van der Waals surface area contributed by atoms with E-state index in [1.54, 1.807) is 36.4 Å². The Bertz CT molecular complexity index is 1030. The standard InChI is InChI=1S/C22H24F3NO5S/c23-22(24,25)11-1-2-16-3-5-17(6-4-16)18-7-9-19(10-8-18)32(29,30)21(20(27)26-28)12-14-31-15-13-21/h3-10,28H,1-2,11-15H2,(H,26,27). The highest BCUT2D eigenvalue weighted by Crippen LogP contribution is 2.36. The summed E-state index contributed by atoms with van der Waals surface area (Å²) in [5.74, 6) is -0.981. The topological polar surface area (TPSA) is 92.7 Å². The molecule has 3 rings (SSSR count). The molecule has 1 aliphatic heterocycles. The van der Waals surface area contributed by atoms with Gasteiger partial charge in [-0.25, -0.2) is 13.9 Å². The average molecular weight is 471 g/mol. The number of sulfone groups is 1. The monoisotopic (exact) mass is 471 g/mol. The van der Waals surface area contributed by atoms with E-state index in [0.717, 1.165) is 16.7 Å². The van der Waals surface area contributed by atoms with Crippen LogP contribution in [0.1, 0.15) is 31.2 Å². The molecule has 0 aromatic heterocycles. The number of rotatable bonds is 7. The number of hydrogen-bond acceptors (Lipinski definition) is 5. The number of benzene rings is 2. The molecule has 0 unspecified atom stereocenters. The Morgan fingerprint density at radius 3 is 2.03 bits per heavy atom. The molecule has 0 radical (unpaired) electrons. The largest absolute Gasteiger partial charge is 0.389 e. The number of halogens is 3. The van der Waals surface area contributed by atoms with Gasteiger partial charge in [0.1, 0.15) is 0 Å². The first-order valence-electron chi connectivity index (χ1n) is 10.1. The summed E-state index contributed by atoms with van der Waals surface area (Å²) in [7, 11) is -4.11. The Morgan fingerprint density at radius 1 is 1.00 bits per heavy atom. The predicted octanol–water partition coefficient (Wildman–Crippen LogP) is 4.07. The van der Waals surface area contributed by atoms with Crippen LogP contribution in [0.2, 0.25) is 0 Å². The summed E-state index contributed by atoms with van der Waals surface area (Å²) in [5.41, 5.74) is 3.77. The zero-order valence-corrected chi connectivity index (χ0v) is 18.0. The molecule has 1 heterocycles. The van der Waals surface area contributed by atoms with Crippen molar-refractivity contribution in [3.8, 4) is 11.1 Å². The van der Waals surface area contributed by atoms with E-state index < -0.39 is 33.1 Å². The lowest BCUT2D eigenvalue weighted by molar-refractivity contribution is -0.135. The number of ether oxygens (including phenoxy) is 1. The van der Waals surface area contributed by atoms with Crippen molar-refractivity contribution in [2.75, 3.05) is 13.2 Å². The molecule has 174 valence electrons. The molecule has 1 fully saturated rings. The minimum Gasteiger partial charge on any atom is -0.381 e. The van der Waals surface area contributed by atoms with Gasteiger partial charge < -0.3 is 4.74 Å². The molecule has 1 aliphatic rings. The molecule has 0 spiro atoms. The maximum atomic E-state index is 13.3. The first-order chi connectivity index (χ1) is 15.1. The predicted molar refractivity (Wildman–Crippen MR) is 111 cm³/mol. The van der Waals surface area contributed by atoms with E-state index in [2.05, 4.69) is 0 Å². The Balaban J connectivity index is 1.77. The van der Waals surface area contributed by atoms with Crippen molar-refractivity contribution in [1.29, 1.82) is 0 Å². The lowest BCUT2D eigenvalue weighted by Crippen LogP contribution is -2.54. The summed E-state index contributed by atoms with van der Waals surface area (Å²) < 4.78 is 66.8. The summed E-state index contributed by atoms with van der Waals surface area (Å²) in [4.78, 5) is 12.3. The Hall–Kier alpha value is -2.43. The number of amides is 1. The number of carbonyl (C=O) groups excluding carboxylic acids is 1. The van der Waals surface area contributed by atoms with E-state index in [9.17, 15) is 26.4 Å². The van der Waals surface area contributed by atoms with E-state index >= 15 is 0 Å². The lowest BCUT2D eigenvalue weighted by Gasteiger charge is -2.34. The van der Waals surface area contributed by atoms with Crippen LogP contribution in [0, 0.1) is 0 Å². The number of carbonyl (C=O) groups is 1. The fraction of sp³-hybridized carbons (Fsp3) is 0.409. The van der Waals surface area contributed by atoms with Crippen LogP contribution in [0.25, 0.3) is 11.1 Å².